The lowest BCUT2D eigenvalue weighted by Crippen LogP contribution is -2.60. The third-order valence-electron chi connectivity index (χ3n) is 12.2. The largest absolute Gasteiger partial charge is 0.494 e. The number of allylic oxidation sites excluding steroid dienone is 1. The molecule has 0 radical (unpaired) electrons. The molecule has 2 aliphatic heterocycles. The van der Waals surface area contributed by atoms with Crippen LogP contribution in [-0.4, -0.2) is 95.5 Å². The summed E-state index contributed by atoms with van der Waals surface area (Å²) in [5.74, 6) is -2.73. The molecule has 18 heteroatoms. The van der Waals surface area contributed by atoms with Gasteiger partial charge in [0.1, 0.15) is 29.5 Å². The molecule has 1 aromatic carbocycles. The lowest BCUT2D eigenvalue weighted by molar-refractivity contribution is -0.244. The predicted molar refractivity (Wildman–Crippen MR) is 211 cm³/mol. The fraction of sp³-hybridized carbons (Fsp3) is 0.634. The first-order chi connectivity index (χ1) is 27.6. The average molecular weight is 850 g/mol. The second-order valence-electron chi connectivity index (χ2n) is 17.1. The summed E-state index contributed by atoms with van der Waals surface area (Å²) < 4.78 is 85.8. The maximum absolute atomic E-state index is 14.9. The van der Waals surface area contributed by atoms with E-state index < -0.39 is 85.9 Å². The van der Waals surface area contributed by atoms with Gasteiger partial charge in [0.05, 0.1) is 17.9 Å². The van der Waals surface area contributed by atoms with Crippen LogP contribution in [0.2, 0.25) is 0 Å². The van der Waals surface area contributed by atoms with E-state index in [0.29, 0.717) is 70.1 Å². The molecule has 7 atom stereocenters. The van der Waals surface area contributed by atoms with Crippen LogP contribution in [-0.2, 0) is 29.1 Å². The Morgan fingerprint density at radius 1 is 1.10 bits per heavy atom. The fourth-order valence-electron chi connectivity index (χ4n) is 7.90. The zero-order chi connectivity index (χ0) is 43.1. The number of hydrogen-bond donors (Lipinski definition) is 3. The van der Waals surface area contributed by atoms with Crippen LogP contribution in [0.4, 0.5) is 18.0 Å². The molecule has 0 spiro atoms. The highest BCUT2D eigenvalue weighted by Crippen LogP contribution is 2.48. The van der Waals surface area contributed by atoms with E-state index in [0.717, 1.165) is 5.39 Å². The standard InChI is InChI=1S/C41H54F3N5O9S/c1-7-25-19-24(3)11-9-10-12-27-22-40(27,36(52)48-59(54,55)39(6)16-17-39)47-33(50)31-21-29(57-34-30-14-13-28(56-8-2)20-26(30)15-18-45-34)23-49(31)35(51)32(25)46-37(53)58-38(4,5)41(42,43)44/h10,12-15,18,20,24-25,27,29,31-32H,7-9,11,16-17,19,21-23H2,1-6H3,(H,46,53)(H,47,50)(H,48,52)/b12-10-/t24-,25+,27+,29+,31-,32-,40+/m0/s1. The number of benzene rings is 1. The van der Waals surface area contributed by atoms with Gasteiger partial charge in [-0.3, -0.25) is 19.1 Å². The van der Waals surface area contributed by atoms with E-state index in [9.17, 15) is 40.8 Å². The minimum Gasteiger partial charge on any atom is -0.494 e. The van der Waals surface area contributed by atoms with Crippen LogP contribution in [0.5, 0.6) is 11.6 Å². The summed E-state index contributed by atoms with van der Waals surface area (Å²) in [6.07, 6.45) is 0.647. The molecule has 324 valence electrons. The van der Waals surface area contributed by atoms with Crippen LogP contribution in [0.3, 0.4) is 0 Å². The number of pyridine rings is 1. The molecule has 3 fully saturated rings. The molecule has 2 aliphatic carbocycles. The zero-order valence-corrected chi connectivity index (χ0v) is 35.0. The van der Waals surface area contributed by atoms with E-state index in [1.54, 1.807) is 44.3 Å². The van der Waals surface area contributed by atoms with Crippen molar-refractivity contribution in [1.29, 1.82) is 0 Å². The number of nitrogens with zero attached hydrogens (tertiary/aromatic N) is 2. The first kappa shape index (κ1) is 44.0. The van der Waals surface area contributed by atoms with Gasteiger partial charge in [-0.1, -0.05) is 32.4 Å². The van der Waals surface area contributed by atoms with Gasteiger partial charge in [-0.05, 0) is 108 Å². The molecule has 0 unspecified atom stereocenters. The summed E-state index contributed by atoms with van der Waals surface area (Å²) in [7, 11) is -4.08. The number of rotatable bonds is 10. The molecule has 1 aromatic heterocycles. The van der Waals surface area contributed by atoms with Gasteiger partial charge in [-0.15, -0.1) is 0 Å². The van der Waals surface area contributed by atoms with Crippen molar-refractivity contribution in [3.8, 4) is 11.6 Å². The topological polar surface area (TPSA) is 182 Å². The minimum absolute atomic E-state index is 0.0305. The number of carbonyl (C=O) groups excluding carboxylic acids is 4. The number of nitrogens with one attached hydrogen (secondary N) is 3. The number of sulfonamides is 1. The molecule has 2 aromatic rings. The van der Waals surface area contributed by atoms with Crippen LogP contribution in [0.25, 0.3) is 10.8 Å². The summed E-state index contributed by atoms with van der Waals surface area (Å²) in [5.41, 5.74) is -4.53. The molecular formula is C41H54F3N5O9S. The SMILES string of the molecule is CCOc1ccc2c(O[C@@H]3C[C@H]4C(=O)N[C@]5(C(=O)NS(=O)(=O)C6(C)CC6)C[C@H]5/C=C\CC[C@H](C)C[C@@H](CC)[C@H](NC(=O)OC(C)(C)C(F)(F)F)C(=O)N4C3)nccc2c1. The Morgan fingerprint density at radius 3 is 2.49 bits per heavy atom. The molecule has 0 bridgehead atoms. The van der Waals surface area contributed by atoms with Gasteiger partial charge in [0.15, 0.2) is 0 Å². The Morgan fingerprint density at radius 2 is 1.83 bits per heavy atom. The summed E-state index contributed by atoms with van der Waals surface area (Å²) in [6.45, 7) is 8.82. The molecule has 1 saturated heterocycles. The second kappa shape index (κ2) is 16.4. The quantitative estimate of drug-likeness (QED) is 0.251. The normalized spacial score (nSPS) is 29.1. The molecule has 4 aliphatic rings. The Balaban J connectivity index is 1.36. The molecule has 14 nitrogen and oxygen atoms in total. The Hall–Kier alpha value is -4.61. The van der Waals surface area contributed by atoms with Crippen molar-refractivity contribution in [2.45, 2.75) is 133 Å². The first-order valence-corrected chi connectivity index (χ1v) is 21.7. The molecular weight excluding hydrogens is 796 g/mol. The van der Waals surface area contributed by atoms with Gasteiger partial charge in [-0.25, -0.2) is 18.2 Å². The molecule has 59 heavy (non-hydrogen) atoms. The van der Waals surface area contributed by atoms with Crippen molar-refractivity contribution in [3.63, 3.8) is 0 Å². The van der Waals surface area contributed by atoms with Gasteiger partial charge < -0.3 is 29.7 Å². The van der Waals surface area contributed by atoms with Gasteiger partial charge in [-0.2, -0.15) is 13.2 Å². The van der Waals surface area contributed by atoms with E-state index in [2.05, 4.69) is 20.3 Å². The monoisotopic (exact) mass is 849 g/mol. The van der Waals surface area contributed by atoms with Crippen LogP contribution in [0, 0.1) is 17.8 Å². The highest BCUT2D eigenvalue weighted by molar-refractivity contribution is 7.91. The number of fused-ring (bicyclic) bond motifs is 3. The highest BCUT2D eigenvalue weighted by atomic mass is 32.2. The Bertz CT molecular complexity index is 2090. The van der Waals surface area contributed by atoms with Crippen molar-refractivity contribution in [1.82, 2.24) is 25.2 Å². The van der Waals surface area contributed by atoms with Gasteiger partial charge in [0.25, 0.3) is 5.91 Å². The van der Waals surface area contributed by atoms with Crippen LogP contribution >= 0.6 is 0 Å². The van der Waals surface area contributed by atoms with E-state index in [-0.39, 0.29) is 31.2 Å². The lowest BCUT2D eigenvalue weighted by Gasteiger charge is -2.35. The maximum atomic E-state index is 14.9. The number of ether oxygens (including phenoxy) is 3. The molecule has 2 saturated carbocycles. The number of amides is 4. The van der Waals surface area contributed by atoms with Crippen molar-refractivity contribution in [3.05, 3.63) is 42.6 Å². The van der Waals surface area contributed by atoms with Crippen LogP contribution < -0.4 is 24.8 Å². The summed E-state index contributed by atoms with van der Waals surface area (Å²) >= 11 is 0. The fourth-order valence-corrected chi connectivity index (χ4v) is 9.21. The molecule has 6 rings (SSSR count). The number of halogens is 3. The van der Waals surface area contributed by atoms with Gasteiger partial charge >= 0.3 is 12.3 Å². The number of aromatic nitrogens is 1. The van der Waals surface area contributed by atoms with E-state index >= 15 is 0 Å². The third-order valence-corrected chi connectivity index (χ3v) is 14.4. The second-order valence-corrected chi connectivity index (χ2v) is 19.3. The summed E-state index contributed by atoms with van der Waals surface area (Å²) in [5, 5.41) is 6.62. The summed E-state index contributed by atoms with van der Waals surface area (Å²) in [6, 6.07) is 4.39. The highest BCUT2D eigenvalue weighted by Gasteiger charge is 2.63. The van der Waals surface area contributed by atoms with E-state index in [4.69, 9.17) is 14.2 Å². The van der Waals surface area contributed by atoms with E-state index in [1.165, 1.54) is 4.90 Å². The summed E-state index contributed by atoms with van der Waals surface area (Å²) in [4.78, 5) is 62.3. The number of hydrogen-bond acceptors (Lipinski definition) is 10. The first-order valence-electron chi connectivity index (χ1n) is 20.2. The minimum atomic E-state index is -4.91. The third kappa shape index (κ3) is 9.26. The van der Waals surface area contributed by atoms with Crippen LogP contribution in [0.1, 0.15) is 92.9 Å². The number of alkyl halides is 3. The Kier molecular flexibility index (Phi) is 12.3. The number of carbonyl (C=O) groups is 4. The lowest BCUT2D eigenvalue weighted by atomic mass is 9.85. The van der Waals surface area contributed by atoms with Crippen molar-refractivity contribution >= 4 is 44.6 Å². The predicted octanol–water partition coefficient (Wildman–Crippen LogP) is 5.69. The zero-order valence-electron chi connectivity index (χ0n) is 34.2. The average Bonchev–Trinajstić information content (AvgIpc) is 4.04. The van der Waals surface area contributed by atoms with Crippen molar-refractivity contribution < 1.29 is 55.0 Å². The van der Waals surface area contributed by atoms with Gasteiger partial charge in [0.2, 0.25) is 33.3 Å². The van der Waals surface area contributed by atoms with E-state index in [1.807, 2.05) is 26.0 Å². The number of alkyl carbamates (subject to hydrolysis) is 1. The van der Waals surface area contributed by atoms with Crippen molar-refractivity contribution in [2.75, 3.05) is 13.2 Å². The maximum Gasteiger partial charge on any atom is 0.427 e. The molecule has 3 N–H and O–H groups in total. The Labute approximate surface area is 342 Å². The molecule has 3 heterocycles. The van der Waals surface area contributed by atoms with Gasteiger partial charge in [0, 0.05) is 23.9 Å². The van der Waals surface area contributed by atoms with Crippen molar-refractivity contribution in [2.24, 2.45) is 17.8 Å². The smallest absolute Gasteiger partial charge is 0.427 e. The molecule has 4 amide bonds. The van der Waals surface area contributed by atoms with Crippen LogP contribution in [0.15, 0.2) is 42.6 Å².